The molecule has 1 saturated heterocycles. The SMILES string of the molecule is C=C(C)NCCC1(CN2CCC(Cc3ccc(CC)cc3)ON2)CCCC1.CC.CCC(C)=O.CCC(C)C(C)c1ccccc1.Cc1ccccc1. The number of carbonyl (C=O) groups is 1. The molecular weight excluding hydrogens is 651 g/mol. The Hall–Kier alpha value is -3.25. The Labute approximate surface area is 326 Å². The van der Waals surface area contributed by atoms with Crippen LogP contribution in [0.25, 0.3) is 0 Å². The van der Waals surface area contributed by atoms with Crippen molar-refractivity contribution in [3.8, 4) is 0 Å². The maximum absolute atomic E-state index is 9.81. The van der Waals surface area contributed by atoms with Crippen LogP contribution in [0, 0.1) is 18.3 Å². The predicted octanol–water partition coefficient (Wildman–Crippen LogP) is 12.2. The fraction of sp³-hybridized carbons (Fsp3) is 0.562. The van der Waals surface area contributed by atoms with Gasteiger partial charge in [-0.05, 0) is 86.8 Å². The van der Waals surface area contributed by atoms with Crippen molar-refractivity contribution in [2.75, 3.05) is 19.6 Å². The normalized spacial score (nSPS) is 17.1. The van der Waals surface area contributed by atoms with Gasteiger partial charge in [-0.2, -0.15) is 0 Å². The summed E-state index contributed by atoms with van der Waals surface area (Å²) in [6, 6.07) is 30.0. The highest BCUT2D eigenvalue weighted by atomic mass is 16.7. The quantitative estimate of drug-likeness (QED) is 0.184. The van der Waals surface area contributed by atoms with Gasteiger partial charge in [-0.15, -0.1) is 5.59 Å². The lowest BCUT2D eigenvalue weighted by Gasteiger charge is -2.39. The van der Waals surface area contributed by atoms with Gasteiger partial charge >= 0.3 is 0 Å². The average molecular weight is 728 g/mol. The minimum absolute atomic E-state index is 0.255. The standard InChI is InChI=1S/C23H37N3O.C12H18.C7H8.C4H8O.C2H6/c1-4-20-7-9-21(10-8-20)17-22-11-16-26(25-27-22)18-23(12-5-6-13-23)14-15-24-19(2)3;1-4-10(2)11(3)12-8-6-5-7-9-12;1-7-5-3-2-4-6-7;1-3-4(2)5;1-2/h7-10,22,24-25H,2,4-6,11-18H2,1,3H3;5-11H,4H2,1-3H3;2-6H,1H3;3H2,1-2H3;1-2H3. The Morgan fingerprint density at radius 1 is 0.906 bits per heavy atom. The molecule has 1 aliphatic heterocycles. The molecule has 1 heterocycles. The largest absolute Gasteiger partial charge is 0.389 e. The number of allylic oxidation sites excluding steroid dienone is 1. The molecule has 1 saturated carbocycles. The molecule has 0 radical (unpaired) electrons. The fourth-order valence-corrected chi connectivity index (χ4v) is 6.51. The predicted molar refractivity (Wildman–Crippen MR) is 230 cm³/mol. The number of hydrogen-bond acceptors (Lipinski definition) is 5. The molecular formula is C48H77N3O2. The Morgan fingerprint density at radius 2 is 1.45 bits per heavy atom. The summed E-state index contributed by atoms with van der Waals surface area (Å²) in [7, 11) is 0. The molecule has 0 aromatic heterocycles. The van der Waals surface area contributed by atoms with Gasteiger partial charge in [0, 0.05) is 38.2 Å². The molecule has 3 atom stereocenters. The molecule has 0 bridgehead atoms. The molecule has 296 valence electrons. The van der Waals surface area contributed by atoms with Crippen LogP contribution in [0.2, 0.25) is 0 Å². The van der Waals surface area contributed by atoms with Crippen molar-refractivity contribution in [3.63, 3.8) is 0 Å². The van der Waals surface area contributed by atoms with Gasteiger partial charge < -0.3 is 10.1 Å². The number of aryl methyl sites for hydroxylation is 2. The number of rotatable bonds is 13. The van der Waals surface area contributed by atoms with Crippen LogP contribution in [0.1, 0.15) is 142 Å². The van der Waals surface area contributed by atoms with E-state index < -0.39 is 0 Å². The molecule has 5 heteroatoms. The zero-order valence-electron chi connectivity index (χ0n) is 35.5. The van der Waals surface area contributed by atoms with Gasteiger partial charge in [0.1, 0.15) is 5.78 Å². The third-order valence-electron chi connectivity index (χ3n) is 10.5. The van der Waals surface area contributed by atoms with E-state index in [1.807, 2.05) is 45.9 Å². The number of nitrogens with one attached hydrogen (secondary N) is 2. The Bertz CT molecular complexity index is 1330. The third kappa shape index (κ3) is 20.7. The molecule has 0 spiro atoms. The summed E-state index contributed by atoms with van der Waals surface area (Å²) < 4.78 is 0. The number of nitrogens with zero attached hydrogens (tertiary/aromatic N) is 1. The van der Waals surface area contributed by atoms with E-state index in [2.05, 4.69) is 124 Å². The topological polar surface area (TPSA) is 53.6 Å². The molecule has 3 aromatic carbocycles. The number of benzene rings is 3. The van der Waals surface area contributed by atoms with Crippen LogP contribution in [0.4, 0.5) is 0 Å². The highest BCUT2D eigenvalue weighted by Crippen LogP contribution is 2.41. The number of ketones is 1. The van der Waals surface area contributed by atoms with Crippen molar-refractivity contribution < 1.29 is 9.63 Å². The van der Waals surface area contributed by atoms with Crippen molar-refractivity contribution in [1.29, 1.82) is 0 Å². The molecule has 3 aromatic rings. The first-order chi connectivity index (χ1) is 25.5. The first-order valence-corrected chi connectivity index (χ1v) is 20.7. The van der Waals surface area contributed by atoms with Crippen LogP contribution in [-0.2, 0) is 22.5 Å². The number of Topliss-reactive ketones (excluding diaryl/α,β-unsaturated/α-hetero) is 1. The van der Waals surface area contributed by atoms with E-state index in [1.54, 1.807) is 6.92 Å². The zero-order chi connectivity index (χ0) is 39.5. The molecule has 5 rings (SSSR count). The second kappa shape index (κ2) is 28.2. The Kier molecular flexibility index (Phi) is 25.4. The summed E-state index contributed by atoms with van der Waals surface area (Å²) in [6.07, 6.45) is 11.9. The van der Waals surface area contributed by atoms with Crippen molar-refractivity contribution in [2.45, 2.75) is 145 Å². The van der Waals surface area contributed by atoms with E-state index in [4.69, 9.17) is 4.84 Å². The summed E-state index contributed by atoms with van der Waals surface area (Å²) in [6.45, 7) is 27.8. The maximum Gasteiger partial charge on any atom is 0.129 e. The zero-order valence-corrected chi connectivity index (χ0v) is 35.5. The highest BCUT2D eigenvalue weighted by molar-refractivity contribution is 5.74. The first kappa shape index (κ1) is 47.8. The van der Waals surface area contributed by atoms with Gasteiger partial charge in [-0.1, -0.05) is 165 Å². The van der Waals surface area contributed by atoms with Crippen molar-refractivity contribution in [3.05, 3.63) is 119 Å². The van der Waals surface area contributed by atoms with Gasteiger partial charge in [-0.3, -0.25) is 4.84 Å². The van der Waals surface area contributed by atoms with E-state index in [0.29, 0.717) is 17.8 Å². The second-order valence-corrected chi connectivity index (χ2v) is 14.9. The molecule has 5 nitrogen and oxygen atoms in total. The highest BCUT2D eigenvalue weighted by Gasteiger charge is 2.36. The number of hydrazine groups is 1. The Balaban J connectivity index is 0.000000441. The van der Waals surface area contributed by atoms with E-state index in [1.165, 1.54) is 60.8 Å². The summed E-state index contributed by atoms with van der Waals surface area (Å²) in [5, 5.41) is 5.72. The van der Waals surface area contributed by atoms with Gasteiger partial charge in [-0.25, -0.2) is 5.01 Å². The summed E-state index contributed by atoms with van der Waals surface area (Å²) in [4.78, 5) is 15.8. The minimum Gasteiger partial charge on any atom is -0.389 e. The lowest BCUT2D eigenvalue weighted by molar-refractivity contribution is -0.171. The lowest BCUT2D eigenvalue weighted by atomic mass is 9.82. The monoisotopic (exact) mass is 728 g/mol. The van der Waals surface area contributed by atoms with Crippen LogP contribution in [0.5, 0.6) is 0 Å². The van der Waals surface area contributed by atoms with Crippen molar-refractivity contribution in [1.82, 2.24) is 15.9 Å². The third-order valence-corrected chi connectivity index (χ3v) is 10.5. The van der Waals surface area contributed by atoms with Gasteiger partial charge in [0.15, 0.2) is 0 Å². The van der Waals surface area contributed by atoms with Crippen molar-refractivity contribution >= 4 is 5.78 Å². The van der Waals surface area contributed by atoms with Crippen LogP contribution in [-0.4, -0.2) is 36.5 Å². The van der Waals surface area contributed by atoms with Crippen LogP contribution >= 0.6 is 0 Å². The van der Waals surface area contributed by atoms with E-state index in [0.717, 1.165) is 50.5 Å². The fourth-order valence-electron chi connectivity index (χ4n) is 6.51. The summed E-state index contributed by atoms with van der Waals surface area (Å²) in [5.74, 6) is 1.73. The lowest BCUT2D eigenvalue weighted by Crippen LogP contribution is -2.51. The smallest absolute Gasteiger partial charge is 0.129 e. The Morgan fingerprint density at radius 3 is 1.89 bits per heavy atom. The van der Waals surface area contributed by atoms with Crippen molar-refractivity contribution in [2.24, 2.45) is 11.3 Å². The van der Waals surface area contributed by atoms with E-state index >= 15 is 0 Å². The molecule has 2 aliphatic rings. The van der Waals surface area contributed by atoms with E-state index in [-0.39, 0.29) is 11.9 Å². The van der Waals surface area contributed by atoms with Crippen LogP contribution < -0.4 is 10.9 Å². The van der Waals surface area contributed by atoms with Crippen LogP contribution in [0.3, 0.4) is 0 Å². The molecule has 3 unspecified atom stereocenters. The van der Waals surface area contributed by atoms with Gasteiger partial charge in [0.05, 0.1) is 6.10 Å². The maximum atomic E-state index is 9.81. The molecule has 1 aliphatic carbocycles. The minimum atomic E-state index is 0.255. The summed E-state index contributed by atoms with van der Waals surface area (Å²) >= 11 is 0. The first-order valence-electron chi connectivity index (χ1n) is 20.7. The van der Waals surface area contributed by atoms with Gasteiger partial charge in [0.2, 0.25) is 0 Å². The molecule has 53 heavy (non-hydrogen) atoms. The number of carbonyl (C=O) groups excluding carboxylic acids is 1. The molecule has 0 amide bonds. The molecule has 2 N–H and O–H groups in total. The average Bonchev–Trinajstić information content (AvgIpc) is 3.65. The second-order valence-electron chi connectivity index (χ2n) is 14.9. The number of hydrogen-bond donors (Lipinski definition) is 2. The van der Waals surface area contributed by atoms with Crippen LogP contribution in [0.15, 0.2) is 97.2 Å². The van der Waals surface area contributed by atoms with Gasteiger partial charge in [0.25, 0.3) is 0 Å². The molecule has 2 fully saturated rings. The van der Waals surface area contributed by atoms with E-state index in [9.17, 15) is 4.79 Å². The summed E-state index contributed by atoms with van der Waals surface area (Å²) in [5.41, 5.74) is 10.3.